The second-order valence-electron chi connectivity index (χ2n) is 11.4. The van der Waals surface area contributed by atoms with Gasteiger partial charge in [0.05, 0.1) is 0 Å². The van der Waals surface area contributed by atoms with Crippen molar-refractivity contribution in [3.63, 3.8) is 0 Å². The lowest BCUT2D eigenvalue weighted by atomic mass is 9.86. The SMILES string of the molecule is C=C/C=C(\C(C)=C(/C)NC(=C)C(=C)c1cc(C(/C=C(\C=C)NC(=C)CC2CCCCC2)=C/C)ccc1N)c1cccc(F)c1. The van der Waals surface area contributed by atoms with Gasteiger partial charge >= 0.3 is 0 Å². The zero-order chi connectivity index (χ0) is 32.2. The summed E-state index contributed by atoms with van der Waals surface area (Å²) in [7, 11) is 0. The number of rotatable bonds is 14. The Morgan fingerprint density at radius 3 is 2.34 bits per heavy atom. The first kappa shape index (κ1) is 33.9. The quantitative estimate of drug-likeness (QED) is 0.152. The zero-order valence-electron chi connectivity index (χ0n) is 26.7. The third-order valence-electron chi connectivity index (χ3n) is 8.22. The normalized spacial score (nSPS) is 15.2. The molecule has 0 bridgehead atoms. The van der Waals surface area contributed by atoms with Gasteiger partial charge in [0.2, 0.25) is 0 Å². The van der Waals surface area contributed by atoms with Gasteiger partial charge in [-0.1, -0.05) is 101 Å². The van der Waals surface area contributed by atoms with Crippen LogP contribution in [-0.4, -0.2) is 0 Å². The summed E-state index contributed by atoms with van der Waals surface area (Å²) in [5.41, 5.74) is 16.5. The number of allylic oxidation sites excluding steroid dienone is 11. The first-order valence-electron chi connectivity index (χ1n) is 15.3. The van der Waals surface area contributed by atoms with Crippen molar-refractivity contribution in [1.82, 2.24) is 10.6 Å². The van der Waals surface area contributed by atoms with Crippen LogP contribution >= 0.6 is 0 Å². The molecule has 0 radical (unpaired) electrons. The molecular formula is C40H48FN3. The fourth-order valence-electron chi connectivity index (χ4n) is 5.61. The van der Waals surface area contributed by atoms with Crippen molar-refractivity contribution in [3.05, 3.63) is 157 Å². The van der Waals surface area contributed by atoms with Crippen LogP contribution in [0.1, 0.15) is 76.0 Å². The molecule has 1 aliphatic carbocycles. The van der Waals surface area contributed by atoms with Gasteiger partial charge in [-0.05, 0) is 103 Å². The molecule has 4 N–H and O–H groups in total. The smallest absolute Gasteiger partial charge is 0.123 e. The number of nitrogens with two attached hydrogens (primary N) is 1. The third-order valence-corrected chi connectivity index (χ3v) is 8.22. The molecule has 2 aromatic rings. The van der Waals surface area contributed by atoms with Crippen LogP contribution in [0.3, 0.4) is 0 Å². The van der Waals surface area contributed by atoms with Gasteiger partial charge in [0.25, 0.3) is 0 Å². The number of hydrogen-bond acceptors (Lipinski definition) is 3. The number of anilines is 1. The van der Waals surface area contributed by atoms with E-state index in [9.17, 15) is 4.39 Å². The molecule has 0 amide bonds. The van der Waals surface area contributed by atoms with Gasteiger partial charge in [0, 0.05) is 34.0 Å². The van der Waals surface area contributed by atoms with Gasteiger partial charge in [-0.15, -0.1) is 0 Å². The second kappa shape index (κ2) is 16.3. The minimum Gasteiger partial charge on any atom is -0.398 e. The Morgan fingerprint density at radius 1 is 0.977 bits per heavy atom. The minimum absolute atomic E-state index is 0.292. The Morgan fingerprint density at radius 2 is 1.70 bits per heavy atom. The van der Waals surface area contributed by atoms with Crippen LogP contribution in [-0.2, 0) is 0 Å². The van der Waals surface area contributed by atoms with E-state index >= 15 is 0 Å². The van der Waals surface area contributed by atoms with E-state index in [1.54, 1.807) is 12.1 Å². The average molecular weight is 590 g/mol. The molecule has 0 spiro atoms. The summed E-state index contributed by atoms with van der Waals surface area (Å²) in [6, 6.07) is 12.5. The first-order valence-corrected chi connectivity index (χ1v) is 15.3. The summed E-state index contributed by atoms with van der Waals surface area (Å²) >= 11 is 0. The number of benzene rings is 2. The molecule has 0 saturated heterocycles. The minimum atomic E-state index is -0.292. The van der Waals surface area contributed by atoms with Gasteiger partial charge in [0.1, 0.15) is 5.82 Å². The van der Waals surface area contributed by atoms with Crippen LogP contribution < -0.4 is 16.4 Å². The molecule has 2 aromatic carbocycles. The van der Waals surface area contributed by atoms with E-state index in [0.717, 1.165) is 56.9 Å². The van der Waals surface area contributed by atoms with E-state index < -0.39 is 0 Å². The van der Waals surface area contributed by atoms with Crippen LogP contribution in [0.25, 0.3) is 16.7 Å². The van der Waals surface area contributed by atoms with Crippen molar-refractivity contribution in [2.75, 3.05) is 5.73 Å². The Balaban J connectivity index is 1.80. The topological polar surface area (TPSA) is 50.1 Å². The lowest BCUT2D eigenvalue weighted by molar-refractivity contribution is 0.353. The van der Waals surface area contributed by atoms with Crippen molar-refractivity contribution < 1.29 is 4.39 Å². The molecule has 44 heavy (non-hydrogen) atoms. The maximum atomic E-state index is 14.0. The molecular weight excluding hydrogens is 541 g/mol. The average Bonchev–Trinajstić information content (AvgIpc) is 3.01. The summed E-state index contributed by atoms with van der Waals surface area (Å²) in [6.45, 7) is 26.7. The van der Waals surface area contributed by atoms with Crippen LogP contribution in [0.4, 0.5) is 10.1 Å². The second-order valence-corrected chi connectivity index (χ2v) is 11.4. The van der Waals surface area contributed by atoms with E-state index in [2.05, 4.69) is 55.7 Å². The molecule has 0 aliphatic heterocycles. The maximum absolute atomic E-state index is 14.0. The lowest BCUT2D eigenvalue weighted by Crippen LogP contribution is -2.16. The Kier molecular flexibility index (Phi) is 12.6. The molecule has 0 atom stereocenters. The Bertz CT molecular complexity index is 1540. The molecule has 1 saturated carbocycles. The highest BCUT2D eigenvalue weighted by Crippen LogP contribution is 2.32. The zero-order valence-corrected chi connectivity index (χ0v) is 26.7. The lowest BCUT2D eigenvalue weighted by Gasteiger charge is -2.23. The highest BCUT2D eigenvalue weighted by molar-refractivity contribution is 5.87. The van der Waals surface area contributed by atoms with Crippen LogP contribution in [0.2, 0.25) is 0 Å². The Labute approximate surface area is 264 Å². The predicted molar refractivity (Wildman–Crippen MR) is 191 cm³/mol. The van der Waals surface area contributed by atoms with Gasteiger partial charge in [-0.3, -0.25) is 0 Å². The summed E-state index contributed by atoms with van der Waals surface area (Å²) in [4.78, 5) is 0. The summed E-state index contributed by atoms with van der Waals surface area (Å²) in [6.07, 6.45) is 17.1. The van der Waals surface area contributed by atoms with E-state index in [1.807, 2.05) is 57.2 Å². The summed E-state index contributed by atoms with van der Waals surface area (Å²) in [5.74, 6) is 0.413. The molecule has 0 aromatic heterocycles. The highest BCUT2D eigenvalue weighted by Gasteiger charge is 2.16. The van der Waals surface area contributed by atoms with Crippen molar-refractivity contribution in [2.24, 2.45) is 5.92 Å². The monoisotopic (exact) mass is 589 g/mol. The number of hydrogen-bond donors (Lipinski definition) is 3. The van der Waals surface area contributed by atoms with E-state index in [4.69, 9.17) is 5.73 Å². The van der Waals surface area contributed by atoms with Crippen LogP contribution in [0, 0.1) is 11.7 Å². The fraction of sp³-hybridized carbons (Fsp3) is 0.250. The molecule has 1 fully saturated rings. The standard InChI is InChI=1S/C40H48FN3/c1-9-16-38(35-19-15-20-36(41)24-35)28(5)30(7)44-31(8)29(6)39-26-34(21-22-40(39)42)33(10-2)25-37(11-3)43-27(4)23-32-17-13-12-14-18-32/h9-11,15-16,19-22,24-26,32,43-44H,1,3-4,6,8,12-14,17-18,23,42H2,2,5,7H3/b30-28+,33-10+,37-25+,38-16+. The van der Waals surface area contributed by atoms with Gasteiger partial charge < -0.3 is 16.4 Å². The van der Waals surface area contributed by atoms with Gasteiger partial charge in [0.15, 0.2) is 0 Å². The largest absolute Gasteiger partial charge is 0.398 e. The molecule has 0 heterocycles. The van der Waals surface area contributed by atoms with E-state index in [0.29, 0.717) is 22.9 Å². The summed E-state index contributed by atoms with van der Waals surface area (Å²) < 4.78 is 14.0. The van der Waals surface area contributed by atoms with Gasteiger partial charge in [-0.25, -0.2) is 4.39 Å². The molecule has 3 nitrogen and oxygen atoms in total. The third kappa shape index (κ3) is 9.21. The fourth-order valence-corrected chi connectivity index (χ4v) is 5.61. The van der Waals surface area contributed by atoms with Crippen molar-refractivity contribution >= 4 is 22.4 Å². The molecule has 230 valence electrons. The molecule has 3 rings (SSSR count). The number of nitrogens with one attached hydrogen (secondary N) is 2. The van der Waals surface area contributed by atoms with Gasteiger partial charge in [-0.2, -0.15) is 0 Å². The highest BCUT2D eigenvalue weighted by atomic mass is 19.1. The molecule has 1 aliphatic rings. The predicted octanol–water partition coefficient (Wildman–Crippen LogP) is 10.6. The Hall–Kier alpha value is -4.57. The van der Waals surface area contributed by atoms with Crippen LogP contribution in [0.15, 0.2) is 134 Å². The molecule has 0 unspecified atom stereocenters. The number of nitrogen functional groups attached to an aromatic ring is 1. The van der Waals surface area contributed by atoms with E-state index in [1.165, 1.54) is 44.2 Å². The summed E-state index contributed by atoms with van der Waals surface area (Å²) in [5, 5.41) is 6.87. The van der Waals surface area contributed by atoms with Crippen molar-refractivity contribution in [2.45, 2.75) is 59.3 Å². The van der Waals surface area contributed by atoms with E-state index in [-0.39, 0.29) is 5.82 Å². The first-order chi connectivity index (χ1) is 21.1. The van der Waals surface area contributed by atoms with Crippen molar-refractivity contribution in [1.29, 1.82) is 0 Å². The molecule has 4 heteroatoms. The van der Waals surface area contributed by atoms with Crippen LogP contribution in [0.5, 0.6) is 0 Å². The maximum Gasteiger partial charge on any atom is 0.123 e. The van der Waals surface area contributed by atoms with Crippen molar-refractivity contribution in [3.8, 4) is 0 Å². The number of halogens is 1.